The van der Waals surface area contributed by atoms with Crippen LogP contribution in [0, 0.1) is 0 Å². The number of alkyl halides is 2. The molecule has 2 heterocycles. The predicted molar refractivity (Wildman–Crippen MR) is 57.0 cm³/mol. The number of aromatic nitrogens is 3. The maximum absolute atomic E-state index is 12.5. The molecule has 0 aromatic carbocycles. The highest BCUT2D eigenvalue weighted by Crippen LogP contribution is 2.23. The number of fused-ring (bicyclic) bond motifs is 1. The van der Waals surface area contributed by atoms with Gasteiger partial charge in [-0.05, 0) is 5.92 Å². The molecule has 2 aromatic rings. The Balaban J connectivity index is 2.63. The Kier molecular flexibility index (Phi) is 2.80. The smallest absolute Gasteiger partial charge is 0.227 e. The van der Waals surface area contributed by atoms with Crippen molar-refractivity contribution >= 4 is 17.2 Å². The van der Waals surface area contributed by atoms with E-state index >= 15 is 0 Å². The molecular weight excluding hydrogens is 236 g/mol. The van der Waals surface area contributed by atoms with Gasteiger partial charge in [0.25, 0.3) is 6.43 Å². The van der Waals surface area contributed by atoms with Gasteiger partial charge >= 0.3 is 0 Å². The summed E-state index contributed by atoms with van der Waals surface area (Å²) in [4.78, 5) is 3.80. The third kappa shape index (κ3) is 1.87. The van der Waals surface area contributed by atoms with E-state index in [4.69, 9.17) is 11.6 Å². The summed E-state index contributed by atoms with van der Waals surface area (Å²) in [5, 5.41) is 4.34. The van der Waals surface area contributed by atoms with Crippen LogP contribution >= 0.6 is 11.6 Å². The molecule has 0 aliphatic rings. The van der Waals surface area contributed by atoms with E-state index in [1.165, 1.54) is 4.52 Å². The Morgan fingerprint density at radius 2 is 1.94 bits per heavy atom. The summed E-state index contributed by atoms with van der Waals surface area (Å²) in [6.45, 7) is 3.92. The van der Waals surface area contributed by atoms with Crippen LogP contribution in [0.25, 0.3) is 5.65 Å². The molecule has 0 aliphatic carbocycles. The third-order valence-corrected chi connectivity index (χ3v) is 2.51. The molecular formula is C10H10ClF2N3. The molecule has 86 valence electrons. The van der Waals surface area contributed by atoms with Crippen molar-refractivity contribution in [2.45, 2.75) is 26.2 Å². The van der Waals surface area contributed by atoms with Crippen LogP contribution in [0.15, 0.2) is 12.1 Å². The quantitative estimate of drug-likeness (QED) is 0.759. The van der Waals surface area contributed by atoms with E-state index in [0.717, 1.165) is 11.8 Å². The maximum atomic E-state index is 12.5. The minimum Gasteiger partial charge on any atom is -0.227 e. The van der Waals surface area contributed by atoms with E-state index in [1.54, 1.807) is 6.07 Å². The zero-order valence-electron chi connectivity index (χ0n) is 8.78. The average molecular weight is 246 g/mol. The van der Waals surface area contributed by atoms with Crippen molar-refractivity contribution in [2.24, 2.45) is 0 Å². The number of nitrogens with zero attached hydrogens (tertiary/aromatic N) is 3. The second kappa shape index (κ2) is 3.97. The molecule has 0 aliphatic heterocycles. The zero-order valence-corrected chi connectivity index (χ0v) is 9.54. The van der Waals surface area contributed by atoms with Crippen molar-refractivity contribution in [1.29, 1.82) is 0 Å². The number of hydrogen-bond donors (Lipinski definition) is 0. The lowest BCUT2D eigenvalue weighted by molar-refractivity contribution is 0.146. The lowest BCUT2D eigenvalue weighted by Crippen LogP contribution is -1.98. The highest BCUT2D eigenvalue weighted by atomic mass is 35.5. The van der Waals surface area contributed by atoms with E-state index in [-0.39, 0.29) is 16.8 Å². The SMILES string of the molecule is CC(C)c1cc2nc(C(F)F)cc(Cl)n2n1. The van der Waals surface area contributed by atoms with Gasteiger partial charge in [-0.2, -0.15) is 5.10 Å². The van der Waals surface area contributed by atoms with E-state index in [9.17, 15) is 8.78 Å². The van der Waals surface area contributed by atoms with Crippen molar-refractivity contribution in [1.82, 2.24) is 14.6 Å². The van der Waals surface area contributed by atoms with Crippen molar-refractivity contribution in [3.05, 3.63) is 28.7 Å². The van der Waals surface area contributed by atoms with Gasteiger partial charge in [0.15, 0.2) is 5.65 Å². The molecule has 0 fully saturated rings. The van der Waals surface area contributed by atoms with Crippen LogP contribution in [0.4, 0.5) is 8.78 Å². The molecule has 6 heteroatoms. The first-order valence-electron chi connectivity index (χ1n) is 4.83. The molecule has 0 unspecified atom stereocenters. The van der Waals surface area contributed by atoms with Crippen LogP contribution in [-0.2, 0) is 0 Å². The number of halogens is 3. The molecule has 2 rings (SSSR count). The van der Waals surface area contributed by atoms with Crippen LogP contribution < -0.4 is 0 Å². The third-order valence-electron chi connectivity index (χ3n) is 2.24. The van der Waals surface area contributed by atoms with Crippen LogP contribution in [0.3, 0.4) is 0 Å². The van der Waals surface area contributed by atoms with Gasteiger partial charge in [-0.15, -0.1) is 0 Å². The zero-order chi connectivity index (χ0) is 11.9. The Labute approximate surface area is 96.1 Å². The Morgan fingerprint density at radius 3 is 2.50 bits per heavy atom. The Hall–Kier alpha value is -1.23. The van der Waals surface area contributed by atoms with E-state index in [1.807, 2.05) is 13.8 Å². The first-order valence-corrected chi connectivity index (χ1v) is 5.21. The molecule has 0 saturated carbocycles. The fourth-order valence-electron chi connectivity index (χ4n) is 1.37. The van der Waals surface area contributed by atoms with E-state index in [2.05, 4.69) is 10.1 Å². The first kappa shape index (κ1) is 11.3. The van der Waals surface area contributed by atoms with Gasteiger partial charge in [-0.1, -0.05) is 25.4 Å². The largest absolute Gasteiger partial charge is 0.280 e. The summed E-state index contributed by atoms with van der Waals surface area (Å²) in [7, 11) is 0. The lowest BCUT2D eigenvalue weighted by atomic mass is 10.1. The normalized spacial score (nSPS) is 11.9. The second-order valence-corrected chi connectivity index (χ2v) is 4.19. The molecule has 3 nitrogen and oxygen atoms in total. The van der Waals surface area contributed by atoms with Gasteiger partial charge in [0.2, 0.25) is 0 Å². The fraction of sp³-hybridized carbons (Fsp3) is 0.400. The van der Waals surface area contributed by atoms with E-state index < -0.39 is 6.43 Å². The standard InChI is InChI=1S/C10H10ClF2N3/c1-5(2)6-4-9-14-7(10(12)13)3-8(11)16(9)15-6/h3-5,10H,1-2H3. The predicted octanol–water partition coefficient (Wildman–Crippen LogP) is 3.44. The second-order valence-electron chi connectivity index (χ2n) is 3.80. The molecule has 0 N–H and O–H groups in total. The van der Waals surface area contributed by atoms with E-state index in [0.29, 0.717) is 5.65 Å². The summed E-state index contributed by atoms with van der Waals surface area (Å²) >= 11 is 5.85. The molecule has 0 amide bonds. The van der Waals surface area contributed by atoms with Crippen LogP contribution in [0.2, 0.25) is 5.15 Å². The van der Waals surface area contributed by atoms with Gasteiger partial charge < -0.3 is 0 Å². The highest BCUT2D eigenvalue weighted by Gasteiger charge is 2.15. The molecule has 0 saturated heterocycles. The van der Waals surface area contributed by atoms with Gasteiger partial charge in [-0.25, -0.2) is 18.3 Å². The maximum Gasteiger partial charge on any atom is 0.280 e. The molecule has 0 atom stereocenters. The minimum atomic E-state index is -2.63. The summed E-state index contributed by atoms with van der Waals surface area (Å²) < 4.78 is 26.3. The number of hydrogen-bond acceptors (Lipinski definition) is 2. The van der Waals surface area contributed by atoms with Gasteiger partial charge in [0.05, 0.1) is 5.69 Å². The van der Waals surface area contributed by atoms with Crippen molar-refractivity contribution in [2.75, 3.05) is 0 Å². The monoisotopic (exact) mass is 245 g/mol. The van der Waals surface area contributed by atoms with Gasteiger partial charge in [0.1, 0.15) is 10.8 Å². The van der Waals surface area contributed by atoms with Gasteiger partial charge in [0, 0.05) is 12.1 Å². The first-order chi connectivity index (χ1) is 7.49. The fourth-order valence-corrected chi connectivity index (χ4v) is 1.60. The Bertz CT molecular complexity index is 522. The van der Waals surface area contributed by atoms with Gasteiger partial charge in [-0.3, -0.25) is 0 Å². The van der Waals surface area contributed by atoms with Crippen molar-refractivity contribution < 1.29 is 8.78 Å². The highest BCUT2D eigenvalue weighted by molar-refractivity contribution is 6.29. The van der Waals surface area contributed by atoms with Crippen LogP contribution in [0.5, 0.6) is 0 Å². The summed E-state index contributed by atoms with van der Waals surface area (Å²) in [5.74, 6) is 0.202. The van der Waals surface area contributed by atoms with Crippen molar-refractivity contribution in [3.8, 4) is 0 Å². The molecule has 0 radical (unpaired) electrons. The topological polar surface area (TPSA) is 30.2 Å². The summed E-state index contributed by atoms with van der Waals surface area (Å²) in [6, 6.07) is 2.80. The molecule has 16 heavy (non-hydrogen) atoms. The van der Waals surface area contributed by atoms with Crippen LogP contribution in [-0.4, -0.2) is 14.6 Å². The Morgan fingerprint density at radius 1 is 1.25 bits per heavy atom. The molecule has 0 bridgehead atoms. The minimum absolute atomic E-state index is 0.146. The molecule has 2 aromatic heterocycles. The number of rotatable bonds is 2. The van der Waals surface area contributed by atoms with Crippen molar-refractivity contribution in [3.63, 3.8) is 0 Å². The lowest BCUT2D eigenvalue weighted by Gasteiger charge is -2.01. The van der Waals surface area contributed by atoms with Crippen LogP contribution in [0.1, 0.15) is 37.6 Å². The summed E-state index contributed by atoms with van der Waals surface area (Å²) in [5.41, 5.74) is 0.806. The molecule has 0 spiro atoms. The summed E-state index contributed by atoms with van der Waals surface area (Å²) in [6.07, 6.45) is -2.63. The average Bonchev–Trinajstić information content (AvgIpc) is 2.61.